The minimum absolute atomic E-state index is 0.117. The van der Waals surface area contributed by atoms with Gasteiger partial charge in [-0.2, -0.15) is 0 Å². The number of fused-ring (bicyclic) bond motifs is 2. The Morgan fingerprint density at radius 2 is 1.66 bits per heavy atom. The lowest BCUT2D eigenvalue weighted by molar-refractivity contribution is -0.122. The van der Waals surface area contributed by atoms with Crippen molar-refractivity contribution in [3.8, 4) is 0 Å². The lowest BCUT2D eigenvalue weighted by Gasteiger charge is -2.08. The van der Waals surface area contributed by atoms with E-state index in [0.29, 0.717) is 24.1 Å². The van der Waals surface area contributed by atoms with Crippen LogP contribution in [0.1, 0.15) is 17.5 Å². The molecular formula is C23H19N3O3. The number of rotatable bonds is 5. The van der Waals surface area contributed by atoms with Gasteiger partial charge in [0.2, 0.25) is 0 Å². The molecule has 6 heteroatoms. The Hall–Kier alpha value is -3.64. The molecule has 2 aromatic heterocycles. The first-order chi connectivity index (χ1) is 14.2. The van der Waals surface area contributed by atoms with Gasteiger partial charge in [0.1, 0.15) is 0 Å². The van der Waals surface area contributed by atoms with Crippen molar-refractivity contribution in [2.45, 2.75) is 13.0 Å². The Morgan fingerprint density at radius 1 is 0.862 bits per heavy atom. The van der Waals surface area contributed by atoms with Crippen LogP contribution in [0.5, 0.6) is 0 Å². The molecule has 0 aliphatic carbocycles. The van der Waals surface area contributed by atoms with E-state index in [2.05, 4.69) is 14.9 Å². The van der Waals surface area contributed by atoms with Crippen LogP contribution in [0.25, 0.3) is 33.0 Å². The first-order valence-electron chi connectivity index (χ1n) is 9.54. The van der Waals surface area contributed by atoms with Crippen molar-refractivity contribution in [2.24, 2.45) is 0 Å². The van der Waals surface area contributed by atoms with Crippen molar-refractivity contribution in [1.29, 1.82) is 0 Å². The molecule has 0 radical (unpaired) electrons. The zero-order valence-corrected chi connectivity index (χ0v) is 15.6. The predicted molar refractivity (Wildman–Crippen MR) is 112 cm³/mol. The Bertz CT molecular complexity index is 1310. The van der Waals surface area contributed by atoms with E-state index in [1.54, 1.807) is 6.20 Å². The number of aromatic amines is 1. The first kappa shape index (κ1) is 17.5. The van der Waals surface area contributed by atoms with Crippen LogP contribution < -0.4 is 5.32 Å². The molecule has 3 heterocycles. The molecule has 0 atom stereocenters. The molecule has 2 aromatic carbocycles. The van der Waals surface area contributed by atoms with Crippen LogP contribution in [-0.4, -0.2) is 33.1 Å². The van der Waals surface area contributed by atoms with Crippen molar-refractivity contribution in [2.75, 3.05) is 6.61 Å². The molecule has 2 amide bonds. The summed E-state index contributed by atoms with van der Waals surface area (Å²) in [5, 5.41) is 13.4. The number of imide groups is 1. The number of nitrogens with one attached hydrogen (secondary N) is 2. The van der Waals surface area contributed by atoms with Crippen molar-refractivity contribution < 1.29 is 14.7 Å². The molecule has 5 rings (SSSR count). The molecule has 0 fully saturated rings. The van der Waals surface area contributed by atoms with Crippen LogP contribution >= 0.6 is 0 Å². The van der Waals surface area contributed by atoms with E-state index in [1.165, 1.54) is 0 Å². The quantitative estimate of drug-likeness (QED) is 0.462. The van der Waals surface area contributed by atoms with E-state index in [9.17, 15) is 9.59 Å². The third kappa shape index (κ3) is 2.68. The highest BCUT2D eigenvalue weighted by Gasteiger charge is 2.34. The summed E-state index contributed by atoms with van der Waals surface area (Å²) >= 11 is 0. The molecule has 0 spiro atoms. The van der Waals surface area contributed by atoms with E-state index < -0.39 is 0 Å². The number of aromatic nitrogens is 2. The number of aliphatic hydroxyl groups is 1. The van der Waals surface area contributed by atoms with Gasteiger partial charge in [0.15, 0.2) is 0 Å². The summed E-state index contributed by atoms with van der Waals surface area (Å²) in [5.41, 5.74) is 4.11. The zero-order valence-electron chi connectivity index (χ0n) is 15.6. The van der Waals surface area contributed by atoms with E-state index in [-0.39, 0.29) is 18.4 Å². The fourth-order valence-electron chi connectivity index (χ4n) is 4.12. The number of carbonyl (C=O) groups is 2. The van der Waals surface area contributed by atoms with Gasteiger partial charge in [-0.05, 0) is 30.2 Å². The maximum atomic E-state index is 12.8. The number of hydrogen-bond donors (Lipinski definition) is 3. The predicted octanol–water partition coefficient (Wildman–Crippen LogP) is 3.07. The second-order valence-electron chi connectivity index (χ2n) is 7.11. The van der Waals surface area contributed by atoms with Gasteiger partial charge in [-0.25, -0.2) is 0 Å². The normalized spacial score (nSPS) is 14.4. The number of carbonyl (C=O) groups excluding carboxylic acids is 2. The van der Waals surface area contributed by atoms with Gasteiger partial charge in [0.25, 0.3) is 11.8 Å². The summed E-state index contributed by atoms with van der Waals surface area (Å²) in [5.74, 6) is -0.766. The van der Waals surface area contributed by atoms with Crippen molar-refractivity contribution in [1.82, 2.24) is 14.9 Å². The fraction of sp³-hybridized carbons (Fsp3) is 0.130. The van der Waals surface area contributed by atoms with Crippen molar-refractivity contribution in [3.05, 3.63) is 72.1 Å². The fourth-order valence-corrected chi connectivity index (χ4v) is 4.12. The first-order valence-corrected chi connectivity index (χ1v) is 9.54. The summed E-state index contributed by atoms with van der Waals surface area (Å²) in [6, 6.07) is 15.4. The molecule has 4 aromatic rings. The number of aryl methyl sites for hydroxylation is 1. The highest BCUT2D eigenvalue weighted by Crippen LogP contribution is 2.37. The minimum atomic E-state index is -0.383. The molecule has 1 aliphatic rings. The number of hydrogen-bond acceptors (Lipinski definition) is 3. The molecule has 29 heavy (non-hydrogen) atoms. The van der Waals surface area contributed by atoms with E-state index in [1.807, 2.05) is 54.7 Å². The number of para-hydroxylation sites is 1. The number of amides is 2. The summed E-state index contributed by atoms with van der Waals surface area (Å²) in [6.07, 6.45) is 4.38. The summed E-state index contributed by atoms with van der Waals surface area (Å²) in [7, 11) is 0. The molecule has 0 bridgehead atoms. The third-order valence-corrected chi connectivity index (χ3v) is 5.43. The van der Waals surface area contributed by atoms with E-state index in [0.717, 1.165) is 32.9 Å². The Balaban J connectivity index is 1.75. The van der Waals surface area contributed by atoms with E-state index in [4.69, 9.17) is 5.11 Å². The molecule has 0 unspecified atom stereocenters. The van der Waals surface area contributed by atoms with Crippen LogP contribution in [0.3, 0.4) is 0 Å². The lowest BCUT2D eigenvalue weighted by atomic mass is 9.94. The molecule has 0 saturated heterocycles. The smallest absolute Gasteiger partial charge is 0.259 e. The zero-order chi connectivity index (χ0) is 20.0. The van der Waals surface area contributed by atoms with Crippen LogP contribution in [0.2, 0.25) is 0 Å². The topological polar surface area (TPSA) is 87.1 Å². The van der Waals surface area contributed by atoms with E-state index >= 15 is 0 Å². The highest BCUT2D eigenvalue weighted by molar-refractivity contribution is 6.50. The van der Waals surface area contributed by atoms with Crippen molar-refractivity contribution in [3.63, 3.8) is 0 Å². The highest BCUT2D eigenvalue weighted by atomic mass is 16.3. The Kier molecular flexibility index (Phi) is 4.07. The molecule has 3 N–H and O–H groups in total. The SMILES string of the molecule is O=C1NC(=O)C(c2cccc3c2ccn3CCCO)=C1c1c[nH]c2ccccc12. The average Bonchev–Trinajstić information content (AvgIpc) is 3.41. The maximum Gasteiger partial charge on any atom is 0.259 e. The number of benzene rings is 2. The van der Waals surface area contributed by atoms with Crippen LogP contribution in [-0.2, 0) is 16.1 Å². The summed E-state index contributed by atoms with van der Waals surface area (Å²) < 4.78 is 2.05. The number of nitrogens with zero attached hydrogens (tertiary/aromatic N) is 1. The van der Waals surface area contributed by atoms with Gasteiger partial charge in [0, 0.05) is 52.9 Å². The van der Waals surface area contributed by atoms with Gasteiger partial charge in [-0.15, -0.1) is 0 Å². The van der Waals surface area contributed by atoms with Crippen LogP contribution in [0, 0.1) is 0 Å². The summed E-state index contributed by atoms with van der Waals surface area (Å²) in [4.78, 5) is 28.7. The standard InChI is InChI=1S/C23H19N3O3/c27-12-4-10-26-11-9-15-16(6-3-8-19(15)26)20-21(23(29)25-22(20)28)17-13-24-18-7-2-1-5-14(17)18/h1-3,5-9,11,13,24,27H,4,10,12H2,(H,25,28,29). The Labute approximate surface area is 166 Å². The average molecular weight is 385 g/mol. The van der Waals surface area contributed by atoms with Crippen LogP contribution in [0.4, 0.5) is 0 Å². The monoisotopic (exact) mass is 385 g/mol. The lowest BCUT2D eigenvalue weighted by Crippen LogP contribution is -2.22. The van der Waals surface area contributed by atoms with Gasteiger partial charge < -0.3 is 14.7 Å². The molecule has 6 nitrogen and oxygen atoms in total. The summed E-state index contributed by atoms with van der Waals surface area (Å²) in [6.45, 7) is 0.801. The second-order valence-corrected chi connectivity index (χ2v) is 7.11. The van der Waals surface area contributed by atoms with Gasteiger partial charge in [0.05, 0.1) is 11.1 Å². The molecule has 0 saturated carbocycles. The van der Waals surface area contributed by atoms with Gasteiger partial charge >= 0.3 is 0 Å². The molecule has 144 valence electrons. The van der Waals surface area contributed by atoms with Gasteiger partial charge in [-0.1, -0.05) is 30.3 Å². The third-order valence-electron chi connectivity index (χ3n) is 5.43. The maximum absolute atomic E-state index is 12.8. The molecule has 1 aliphatic heterocycles. The Morgan fingerprint density at radius 3 is 2.48 bits per heavy atom. The van der Waals surface area contributed by atoms with Crippen LogP contribution in [0.15, 0.2) is 60.9 Å². The van der Waals surface area contributed by atoms with Gasteiger partial charge in [-0.3, -0.25) is 14.9 Å². The minimum Gasteiger partial charge on any atom is -0.396 e. The van der Waals surface area contributed by atoms with Crippen molar-refractivity contribution >= 4 is 44.8 Å². The number of aliphatic hydroxyl groups excluding tert-OH is 1. The molecular weight excluding hydrogens is 366 g/mol. The largest absolute Gasteiger partial charge is 0.396 e. The number of H-pyrrole nitrogens is 1. The second kappa shape index (κ2) is 6.76.